The molecule has 0 radical (unpaired) electrons. The Balaban J connectivity index is 2.41. The van der Waals surface area contributed by atoms with Gasteiger partial charge >= 0.3 is 5.69 Å². The SMILES string of the molecule is Cc1c([N+](=O)[O-])cnn1C1(O)CCCC1. The molecule has 1 aromatic heterocycles. The first-order valence-corrected chi connectivity index (χ1v) is 4.96. The van der Waals surface area contributed by atoms with Gasteiger partial charge < -0.3 is 5.11 Å². The van der Waals surface area contributed by atoms with Gasteiger partial charge in [0.25, 0.3) is 0 Å². The topological polar surface area (TPSA) is 81.2 Å². The Morgan fingerprint density at radius 2 is 2.20 bits per heavy atom. The van der Waals surface area contributed by atoms with Crippen LogP contribution < -0.4 is 0 Å². The summed E-state index contributed by atoms with van der Waals surface area (Å²) in [6.07, 6.45) is 4.30. The van der Waals surface area contributed by atoms with Crippen LogP contribution in [0.4, 0.5) is 5.69 Å². The predicted molar refractivity (Wildman–Crippen MR) is 52.3 cm³/mol. The van der Waals surface area contributed by atoms with Gasteiger partial charge in [-0.15, -0.1) is 0 Å². The normalized spacial score (nSPS) is 19.3. The van der Waals surface area contributed by atoms with E-state index in [9.17, 15) is 15.2 Å². The van der Waals surface area contributed by atoms with Gasteiger partial charge in [-0.3, -0.25) is 10.1 Å². The largest absolute Gasteiger partial charge is 0.369 e. The Bertz CT molecular complexity index is 393. The van der Waals surface area contributed by atoms with Crippen LogP contribution in [0.25, 0.3) is 0 Å². The van der Waals surface area contributed by atoms with Gasteiger partial charge in [-0.05, 0) is 32.6 Å². The van der Waals surface area contributed by atoms with Crippen LogP contribution in [0.15, 0.2) is 6.20 Å². The average molecular weight is 211 g/mol. The summed E-state index contributed by atoms with van der Waals surface area (Å²) in [6, 6.07) is 0. The van der Waals surface area contributed by atoms with Crippen molar-refractivity contribution in [2.45, 2.75) is 38.3 Å². The van der Waals surface area contributed by atoms with Crippen molar-refractivity contribution in [2.75, 3.05) is 0 Å². The van der Waals surface area contributed by atoms with E-state index in [1.807, 2.05) is 0 Å². The van der Waals surface area contributed by atoms with Crippen LogP contribution in [0.2, 0.25) is 0 Å². The van der Waals surface area contributed by atoms with E-state index >= 15 is 0 Å². The highest BCUT2D eigenvalue weighted by Crippen LogP contribution is 2.35. The maximum atomic E-state index is 10.6. The summed E-state index contributed by atoms with van der Waals surface area (Å²) in [5.74, 6) is 0. The van der Waals surface area contributed by atoms with Crippen LogP contribution >= 0.6 is 0 Å². The van der Waals surface area contributed by atoms with Gasteiger partial charge in [0.05, 0.1) is 4.92 Å². The van der Waals surface area contributed by atoms with Crippen molar-refractivity contribution >= 4 is 5.69 Å². The number of rotatable bonds is 2. The fourth-order valence-electron chi connectivity index (χ4n) is 2.15. The minimum absolute atomic E-state index is 0.0321. The molecule has 2 rings (SSSR count). The average Bonchev–Trinajstić information content (AvgIpc) is 2.72. The van der Waals surface area contributed by atoms with Gasteiger partial charge in [-0.1, -0.05) is 0 Å². The van der Waals surface area contributed by atoms with Crippen LogP contribution in [0.3, 0.4) is 0 Å². The molecular formula is C9H13N3O3. The molecule has 0 saturated heterocycles. The van der Waals surface area contributed by atoms with Crippen LogP contribution in [-0.4, -0.2) is 19.8 Å². The first kappa shape index (κ1) is 10.1. The second-order valence-corrected chi connectivity index (χ2v) is 3.97. The Kier molecular flexibility index (Phi) is 2.22. The third kappa shape index (κ3) is 1.50. The Morgan fingerprint density at radius 3 is 2.67 bits per heavy atom. The van der Waals surface area contributed by atoms with Gasteiger partial charge in [-0.2, -0.15) is 5.10 Å². The zero-order valence-corrected chi connectivity index (χ0v) is 8.51. The number of nitrogens with zero attached hydrogens (tertiary/aromatic N) is 3. The monoisotopic (exact) mass is 211 g/mol. The minimum Gasteiger partial charge on any atom is -0.369 e. The fourth-order valence-corrected chi connectivity index (χ4v) is 2.15. The molecule has 1 aliphatic carbocycles. The van der Waals surface area contributed by atoms with E-state index in [0.29, 0.717) is 18.5 Å². The smallest absolute Gasteiger partial charge is 0.309 e. The fraction of sp³-hybridized carbons (Fsp3) is 0.667. The molecule has 6 nitrogen and oxygen atoms in total. The lowest BCUT2D eigenvalue weighted by molar-refractivity contribution is -0.385. The first-order valence-electron chi connectivity index (χ1n) is 4.96. The minimum atomic E-state index is -1.02. The summed E-state index contributed by atoms with van der Waals surface area (Å²) in [6.45, 7) is 1.61. The predicted octanol–water partition coefficient (Wildman–Crippen LogP) is 1.32. The molecule has 0 aliphatic heterocycles. The molecule has 0 aromatic carbocycles. The van der Waals surface area contributed by atoms with Crippen molar-refractivity contribution in [1.29, 1.82) is 0 Å². The summed E-state index contributed by atoms with van der Waals surface area (Å²) in [4.78, 5) is 10.1. The van der Waals surface area contributed by atoms with E-state index in [4.69, 9.17) is 0 Å². The van der Waals surface area contributed by atoms with E-state index < -0.39 is 10.6 Å². The van der Waals surface area contributed by atoms with E-state index in [0.717, 1.165) is 12.8 Å². The van der Waals surface area contributed by atoms with Crippen LogP contribution in [0.1, 0.15) is 31.4 Å². The molecule has 82 valence electrons. The molecule has 15 heavy (non-hydrogen) atoms. The van der Waals surface area contributed by atoms with Gasteiger partial charge in [0, 0.05) is 0 Å². The zero-order valence-electron chi connectivity index (χ0n) is 8.51. The lowest BCUT2D eigenvalue weighted by atomic mass is 10.2. The highest BCUT2D eigenvalue weighted by molar-refractivity contribution is 5.32. The number of aromatic nitrogens is 2. The highest BCUT2D eigenvalue weighted by atomic mass is 16.6. The molecule has 1 aromatic rings. The van der Waals surface area contributed by atoms with E-state index in [1.54, 1.807) is 6.92 Å². The molecule has 0 spiro atoms. The van der Waals surface area contributed by atoms with E-state index in [2.05, 4.69) is 5.10 Å². The number of hydrogen-bond donors (Lipinski definition) is 1. The molecule has 6 heteroatoms. The summed E-state index contributed by atoms with van der Waals surface area (Å²) in [7, 11) is 0. The molecular weight excluding hydrogens is 198 g/mol. The van der Waals surface area contributed by atoms with E-state index in [1.165, 1.54) is 10.9 Å². The van der Waals surface area contributed by atoms with Crippen LogP contribution in [0, 0.1) is 17.0 Å². The third-order valence-corrected chi connectivity index (χ3v) is 2.98. The van der Waals surface area contributed by atoms with Crippen molar-refractivity contribution in [3.05, 3.63) is 22.0 Å². The number of hydrogen-bond acceptors (Lipinski definition) is 4. The lowest BCUT2D eigenvalue weighted by Gasteiger charge is -2.23. The van der Waals surface area contributed by atoms with Gasteiger partial charge in [0.2, 0.25) is 0 Å². The standard InChI is InChI=1S/C9H13N3O3/c1-7-8(12(14)15)6-10-11(7)9(13)4-2-3-5-9/h6,13H,2-5H2,1H3. The maximum Gasteiger partial charge on any atom is 0.309 e. The third-order valence-electron chi connectivity index (χ3n) is 2.98. The Morgan fingerprint density at radius 1 is 1.60 bits per heavy atom. The number of aliphatic hydroxyl groups is 1. The van der Waals surface area contributed by atoms with Gasteiger partial charge in [-0.25, -0.2) is 4.68 Å². The van der Waals surface area contributed by atoms with E-state index in [-0.39, 0.29) is 5.69 Å². The molecule has 0 atom stereocenters. The molecule has 0 amide bonds. The Labute approximate surface area is 86.7 Å². The molecule has 1 N–H and O–H groups in total. The van der Waals surface area contributed by atoms with Crippen LogP contribution in [-0.2, 0) is 5.72 Å². The summed E-state index contributed by atoms with van der Waals surface area (Å²) >= 11 is 0. The quantitative estimate of drug-likeness (QED) is 0.590. The summed E-state index contributed by atoms with van der Waals surface area (Å²) in [5, 5.41) is 24.8. The molecule has 0 bridgehead atoms. The second kappa shape index (κ2) is 3.30. The molecule has 1 fully saturated rings. The van der Waals surface area contributed by atoms with Gasteiger partial charge in [0.1, 0.15) is 11.9 Å². The number of nitro groups is 1. The Hall–Kier alpha value is -1.43. The second-order valence-electron chi connectivity index (χ2n) is 3.97. The van der Waals surface area contributed by atoms with Crippen molar-refractivity contribution < 1.29 is 10.0 Å². The molecule has 0 unspecified atom stereocenters. The molecule has 1 saturated carbocycles. The zero-order chi connectivity index (χ0) is 11.1. The molecule has 1 heterocycles. The molecule has 1 aliphatic rings. The van der Waals surface area contributed by atoms with Crippen LogP contribution in [0.5, 0.6) is 0 Å². The highest BCUT2D eigenvalue weighted by Gasteiger charge is 2.36. The van der Waals surface area contributed by atoms with Crippen molar-refractivity contribution in [3.8, 4) is 0 Å². The van der Waals surface area contributed by atoms with Gasteiger partial charge in [0.15, 0.2) is 5.72 Å². The summed E-state index contributed by atoms with van der Waals surface area (Å²) in [5.41, 5.74) is -0.627. The van der Waals surface area contributed by atoms with Crippen molar-refractivity contribution in [2.24, 2.45) is 0 Å². The lowest BCUT2D eigenvalue weighted by Crippen LogP contribution is -2.31. The first-order chi connectivity index (χ1) is 7.04. The van der Waals surface area contributed by atoms with Crippen molar-refractivity contribution in [1.82, 2.24) is 9.78 Å². The van der Waals surface area contributed by atoms with Crippen molar-refractivity contribution in [3.63, 3.8) is 0 Å². The maximum absolute atomic E-state index is 10.6. The summed E-state index contributed by atoms with van der Waals surface area (Å²) < 4.78 is 1.39.